The highest BCUT2D eigenvalue weighted by Gasteiger charge is 2.40. The molecule has 0 bridgehead atoms. The van der Waals surface area contributed by atoms with Gasteiger partial charge in [0.25, 0.3) is 5.91 Å². The van der Waals surface area contributed by atoms with Crippen LogP contribution in [0.25, 0.3) is 10.9 Å². The second-order valence-corrected chi connectivity index (χ2v) is 12.6. The standard InChI is InChI=1S/C33H35FN4O4.2C2HF3O2/c1-22-17-25(29-7-2-3-8-30(29)36-22)21-42-28-11-9-24(10-12-28)32(40)37-33(19-31(39)38-41)15-13-27(14-16-33)35-20-23-5-4-6-26(34)18-23;2*3-2(4,5)1(6)7/h2-12,17-18,27,35,41H,13-16,19-21H2,1H3,(H,37,40)(H,38,39);2*(H,6,7)/t27-,33+;;. The first-order valence-corrected chi connectivity index (χ1v) is 16.6. The largest absolute Gasteiger partial charge is 0.490 e. The van der Waals surface area contributed by atoms with Gasteiger partial charge in [0.05, 0.1) is 11.9 Å². The lowest BCUT2D eigenvalue weighted by Gasteiger charge is -2.40. The number of carbonyl (C=O) groups is 4. The number of rotatable bonds is 10. The highest BCUT2D eigenvalue weighted by Crippen LogP contribution is 2.32. The number of pyridine rings is 1. The van der Waals surface area contributed by atoms with Crippen LogP contribution in [-0.2, 0) is 27.5 Å². The van der Waals surface area contributed by atoms with Crippen molar-refractivity contribution in [3.8, 4) is 5.75 Å². The molecule has 1 aliphatic rings. The van der Waals surface area contributed by atoms with E-state index >= 15 is 0 Å². The monoisotopic (exact) mass is 798 g/mol. The third kappa shape index (κ3) is 14.1. The number of nitrogens with zero attached hydrogens (tertiary/aromatic N) is 1. The molecule has 0 unspecified atom stereocenters. The fourth-order valence-electron chi connectivity index (χ4n) is 5.67. The maximum Gasteiger partial charge on any atom is 0.490 e. The van der Waals surface area contributed by atoms with Crippen LogP contribution in [0.2, 0.25) is 0 Å². The van der Waals surface area contributed by atoms with Crippen LogP contribution in [0.1, 0.15) is 59.3 Å². The predicted molar refractivity (Wildman–Crippen MR) is 185 cm³/mol. The predicted octanol–water partition coefficient (Wildman–Crippen LogP) is 6.62. The Bertz CT molecular complexity index is 1940. The number of hydroxylamine groups is 1. The molecule has 302 valence electrons. The second kappa shape index (κ2) is 19.7. The molecule has 19 heteroatoms. The molecule has 3 aromatic carbocycles. The zero-order valence-corrected chi connectivity index (χ0v) is 29.5. The molecule has 0 radical (unpaired) electrons. The van der Waals surface area contributed by atoms with E-state index in [0.717, 1.165) is 27.7 Å². The number of aromatic nitrogens is 1. The maximum atomic E-state index is 13.5. The number of hydrogen-bond acceptors (Lipinski definition) is 8. The Morgan fingerprint density at radius 2 is 1.45 bits per heavy atom. The quantitative estimate of drug-likeness (QED) is 0.0578. The first-order chi connectivity index (χ1) is 26.2. The van der Waals surface area contributed by atoms with E-state index in [2.05, 4.69) is 15.6 Å². The number of carbonyl (C=O) groups excluding carboxylic acids is 2. The molecule has 0 aliphatic heterocycles. The molecule has 0 spiro atoms. The number of hydrogen-bond donors (Lipinski definition) is 6. The Morgan fingerprint density at radius 1 is 0.857 bits per heavy atom. The van der Waals surface area contributed by atoms with Crippen LogP contribution in [0, 0.1) is 12.7 Å². The molecule has 2 amide bonds. The molecule has 12 nitrogen and oxygen atoms in total. The van der Waals surface area contributed by atoms with Crippen molar-refractivity contribution in [2.75, 3.05) is 0 Å². The normalized spacial score (nSPS) is 16.6. The van der Waals surface area contributed by atoms with Gasteiger partial charge in [0, 0.05) is 40.3 Å². The van der Waals surface area contributed by atoms with E-state index in [1.165, 1.54) is 12.1 Å². The van der Waals surface area contributed by atoms with Gasteiger partial charge in [-0.1, -0.05) is 30.3 Å². The van der Waals surface area contributed by atoms with Crippen LogP contribution in [0.15, 0.2) is 78.9 Å². The lowest BCUT2D eigenvalue weighted by atomic mass is 9.76. The van der Waals surface area contributed by atoms with Crippen molar-refractivity contribution < 1.29 is 70.1 Å². The Labute approximate surface area is 314 Å². The fourth-order valence-corrected chi connectivity index (χ4v) is 5.67. The Kier molecular flexibility index (Phi) is 15.7. The van der Waals surface area contributed by atoms with E-state index in [9.17, 15) is 45.5 Å². The van der Waals surface area contributed by atoms with Gasteiger partial charge in [0.1, 0.15) is 18.2 Å². The van der Waals surface area contributed by atoms with Gasteiger partial charge in [0.2, 0.25) is 5.91 Å². The number of amides is 2. The van der Waals surface area contributed by atoms with Crippen molar-refractivity contribution in [2.24, 2.45) is 0 Å². The van der Waals surface area contributed by atoms with E-state index in [0.29, 0.717) is 50.1 Å². The first-order valence-electron chi connectivity index (χ1n) is 16.6. The van der Waals surface area contributed by atoms with Gasteiger partial charge in [-0.15, -0.1) is 0 Å². The summed E-state index contributed by atoms with van der Waals surface area (Å²) < 4.78 is 83.0. The number of alkyl halides is 6. The average Bonchev–Trinajstić information content (AvgIpc) is 3.13. The molecule has 1 saturated carbocycles. The topological polar surface area (TPSA) is 187 Å². The number of benzene rings is 3. The maximum absolute atomic E-state index is 13.5. The number of nitrogens with one attached hydrogen (secondary N) is 3. The van der Waals surface area contributed by atoms with Crippen molar-refractivity contribution in [3.63, 3.8) is 0 Å². The van der Waals surface area contributed by atoms with Crippen LogP contribution < -0.4 is 20.9 Å². The summed E-state index contributed by atoms with van der Waals surface area (Å²) in [5.74, 6) is -6.01. The van der Waals surface area contributed by atoms with Gasteiger partial charge < -0.3 is 25.6 Å². The van der Waals surface area contributed by atoms with Crippen LogP contribution in [-0.4, -0.2) is 68.1 Å². The highest BCUT2D eigenvalue weighted by molar-refractivity contribution is 5.95. The summed E-state index contributed by atoms with van der Waals surface area (Å²) in [6.45, 7) is 2.85. The van der Waals surface area contributed by atoms with Gasteiger partial charge in [-0.25, -0.2) is 19.5 Å². The molecule has 56 heavy (non-hydrogen) atoms. The average molecular weight is 799 g/mol. The van der Waals surface area contributed by atoms with E-state index < -0.39 is 35.7 Å². The van der Waals surface area contributed by atoms with E-state index in [-0.39, 0.29) is 24.2 Å². The molecule has 1 heterocycles. The van der Waals surface area contributed by atoms with E-state index in [4.69, 9.17) is 24.5 Å². The number of para-hydroxylation sites is 1. The molecule has 0 atom stereocenters. The van der Waals surface area contributed by atoms with Crippen LogP contribution in [0.3, 0.4) is 0 Å². The smallest absolute Gasteiger partial charge is 0.489 e. The third-order valence-corrected chi connectivity index (χ3v) is 8.35. The summed E-state index contributed by atoms with van der Waals surface area (Å²) in [5.41, 5.74) is 5.08. The SMILES string of the molecule is Cc1cc(COc2ccc(C(=O)N[C@]3(CC(=O)NO)CC[C@H](NCc4cccc(F)c4)CC3)cc2)c2ccccc2n1.O=C(O)C(F)(F)F.O=C(O)C(F)(F)F. The van der Waals surface area contributed by atoms with Crippen molar-refractivity contribution in [3.05, 3.63) is 107 Å². The van der Waals surface area contributed by atoms with Gasteiger partial charge in [-0.2, -0.15) is 26.3 Å². The molecule has 6 N–H and O–H groups in total. The van der Waals surface area contributed by atoms with Crippen LogP contribution >= 0.6 is 0 Å². The Hall–Kier alpha value is -5.82. The zero-order valence-electron chi connectivity index (χ0n) is 29.5. The molecule has 1 fully saturated rings. The van der Waals surface area contributed by atoms with Gasteiger partial charge in [-0.05, 0) is 86.7 Å². The third-order valence-electron chi connectivity index (χ3n) is 8.35. The van der Waals surface area contributed by atoms with Crippen molar-refractivity contribution in [1.29, 1.82) is 0 Å². The summed E-state index contributed by atoms with van der Waals surface area (Å²) in [7, 11) is 0. The lowest BCUT2D eigenvalue weighted by Crippen LogP contribution is -2.54. The summed E-state index contributed by atoms with van der Waals surface area (Å²) in [6.07, 6.45) is -7.68. The van der Waals surface area contributed by atoms with Gasteiger partial charge in [0.15, 0.2) is 0 Å². The minimum Gasteiger partial charge on any atom is -0.489 e. The molecular formula is C37H37F7N4O8. The van der Waals surface area contributed by atoms with E-state index in [1.807, 2.05) is 43.3 Å². The Morgan fingerprint density at radius 3 is 2.00 bits per heavy atom. The fraction of sp³-hybridized carbons (Fsp3) is 0.324. The van der Waals surface area contributed by atoms with Gasteiger partial charge >= 0.3 is 24.3 Å². The zero-order chi connectivity index (χ0) is 41.7. The lowest BCUT2D eigenvalue weighted by molar-refractivity contribution is -0.193. The number of carboxylic acids is 2. The minimum atomic E-state index is -5.08. The molecule has 1 aromatic heterocycles. The number of ether oxygens (including phenoxy) is 1. The molecule has 0 saturated heterocycles. The van der Waals surface area contributed by atoms with Crippen LogP contribution in [0.4, 0.5) is 30.7 Å². The Balaban J connectivity index is 0.000000512. The number of fused-ring (bicyclic) bond motifs is 1. The number of aliphatic carboxylic acids is 2. The van der Waals surface area contributed by atoms with Crippen molar-refractivity contribution >= 4 is 34.7 Å². The first kappa shape index (κ1) is 44.6. The summed E-state index contributed by atoms with van der Waals surface area (Å²) in [4.78, 5) is 47.8. The minimum absolute atomic E-state index is 0.0354. The summed E-state index contributed by atoms with van der Waals surface area (Å²) in [6, 6.07) is 23.5. The summed E-state index contributed by atoms with van der Waals surface area (Å²) >= 11 is 0. The van der Waals surface area contributed by atoms with Gasteiger partial charge in [-0.3, -0.25) is 19.8 Å². The highest BCUT2D eigenvalue weighted by atomic mass is 19.4. The molecule has 1 aliphatic carbocycles. The van der Waals surface area contributed by atoms with E-state index in [1.54, 1.807) is 35.8 Å². The number of halogens is 7. The molecular weight excluding hydrogens is 761 g/mol. The van der Waals surface area contributed by atoms with Crippen molar-refractivity contribution in [2.45, 2.75) is 76.1 Å². The second-order valence-electron chi connectivity index (χ2n) is 12.6. The number of carboxylic acid groups (broad SMARTS) is 2. The molecule has 4 aromatic rings. The van der Waals surface area contributed by atoms with Crippen LogP contribution in [0.5, 0.6) is 5.75 Å². The van der Waals surface area contributed by atoms with Crippen molar-refractivity contribution in [1.82, 2.24) is 21.1 Å². The molecule has 5 rings (SSSR count). The summed E-state index contributed by atoms with van der Waals surface area (Å²) in [5, 5.41) is 31.0. The number of aryl methyl sites for hydroxylation is 1.